The van der Waals surface area contributed by atoms with Gasteiger partial charge in [0.05, 0.1) is 0 Å². The number of aryl methyl sites for hydroxylation is 2. The molecule has 0 amide bonds. The Hall–Kier alpha value is -2.10. The average Bonchev–Trinajstić information content (AvgIpc) is 2.75. The summed E-state index contributed by atoms with van der Waals surface area (Å²) in [4.78, 5) is 1.64. The van der Waals surface area contributed by atoms with Crippen molar-refractivity contribution < 1.29 is 4.74 Å². The molecule has 1 unspecified atom stereocenters. The second-order valence-electron chi connectivity index (χ2n) is 7.48. The minimum absolute atomic E-state index is 0.464. The van der Waals surface area contributed by atoms with Gasteiger partial charge in [0.2, 0.25) is 0 Å². The molecule has 0 fully saturated rings. The van der Waals surface area contributed by atoms with Gasteiger partial charge < -0.3 is 4.74 Å². The molecule has 0 radical (unpaired) electrons. The zero-order chi connectivity index (χ0) is 21.0. The Kier molecular flexibility index (Phi) is 7.15. The van der Waals surface area contributed by atoms with Crippen LogP contribution in [0.3, 0.4) is 0 Å². The molecule has 0 spiro atoms. The lowest BCUT2D eigenvalue weighted by atomic mass is 9.96. The predicted molar refractivity (Wildman–Crippen MR) is 132 cm³/mol. The van der Waals surface area contributed by atoms with E-state index in [-0.39, 0.29) is 0 Å². The smallest absolute Gasteiger partial charge is 0.135 e. The Morgan fingerprint density at radius 2 is 1.59 bits per heavy atom. The molecule has 1 nitrogen and oxygen atoms in total. The summed E-state index contributed by atoms with van der Waals surface area (Å²) in [5.41, 5.74) is 5.73. The van der Waals surface area contributed by atoms with Crippen LogP contribution in [0.15, 0.2) is 66.7 Å². The van der Waals surface area contributed by atoms with Gasteiger partial charge in [0.15, 0.2) is 0 Å². The molecule has 3 aromatic carbocycles. The van der Waals surface area contributed by atoms with Crippen molar-refractivity contribution in [2.45, 2.75) is 40.0 Å². The van der Waals surface area contributed by atoms with Crippen LogP contribution >= 0.6 is 25.3 Å². The lowest BCUT2D eigenvalue weighted by Gasteiger charge is -2.17. The number of benzene rings is 3. The van der Waals surface area contributed by atoms with Crippen LogP contribution in [0.25, 0.3) is 9.81 Å². The predicted octanol–water partition coefficient (Wildman–Crippen LogP) is 8.29. The quantitative estimate of drug-likeness (QED) is 0.301. The minimum Gasteiger partial charge on any atom is -0.457 e. The highest BCUT2D eigenvalue weighted by Crippen LogP contribution is 2.40. The highest BCUT2D eigenvalue weighted by molar-refractivity contribution is 7.96. The van der Waals surface area contributed by atoms with E-state index in [9.17, 15) is 0 Å². The third-order valence-electron chi connectivity index (χ3n) is 5.42. The zero-order valence-corrected chi connectivity index (χ0v) is 19.2. The van der Waals surface area contributed by atoms with Gasteiger partial charge in [0.1, 0.15) is 11.5 Å². The fourth-order valence-corrected chi connectivity index (χ4v) is 3.70. The standard InChI is InChI=1S/C26H28OS2/c1-5-17(2)21-12-14-24(27-22-13-11-18(3)19(4)15-22)23(16-21)26(29)25(28)20-9-7-6-8-10-20/h6-17,28-29H,5H2,1-4H3. The maximum absolute atomic E-state index is 6.30. The molecule has 3 aromatic rings. The van der Waals surface area contributed by atoms with Gasteiger partial charge in [-0.25, -0.2) is 0 Å². The average molecular weight is 421 g/mol. The second-order valence-corrected chi connectivity index (χ2v) is 8.37. The molecule has 150 valence electrons. The molecule has 0 aliphatic heterocycles. The van der Waals surface area contributed by atoms with E-state index in [0.29, 0.717) is 5.92 Å². The molecule has 0 aliphatic carbocycles. The Morgan fingerprint density at radius 1 is 0.862 bits per heavy atom. The van der Waals surface area contributed by atoms with E-state index < -0.39 is 0 Å². The molecule has 0 aromatic heterocycles. The third kappa shape index (κ3) is 5.09. The summed E-state index contributed by atoms with van der Waals surface area (Å²) in [6.45, 7) is 8.65. The van der Waals surface area contributed by atoms with Gasteiger partial charge in [0.25, 0.3) is 0 Å². The van der Waals surface area contributed by atoms with Crippen LogP contribution in [0.5, 0.6) is 11.5 Å². The molecule has 0 saturated heterocycles. The van der Waals surface area contributed by atoms with E-state index >= 15 is 0 Å². The Balaban J connectivity index is 2.10. The van der Waals surface area contributed by atoms with Crippen molar-refractivity contribution in [3.63, 3.8) is 0 Å². The fourth-order valence-electron chi connectivity index (χ4n) is 3.13. The van der Waals surface area contributed by atoms with E-state index in [2.05, 4.69) is 52.0 Å². The molecule has 29 heavy (non-hydrogen) atoms. The molecule has 3 rings (SSSR count). The van der Waals surface area contributed by atoms with Gasteiger partial charge in [-0.15, -0.1) is 25.3 Å². The van der Waals surface area contributed by atoms with Crippen molar-refractivity contribution in [3.05, 3.63) is 94.5 Å². The highest BCUT2D eigenvalue weighted by Gasteiger charge is 2.15. The first-order chi connectivity index (χ1) is 13.9. The topological polar surface area (TPSA) is 9.23 Å². The van der Waals surface area contributed by atoms with Crippen LogP contribution in [0, 0.1) is 13.8 Å². The van der Waals surface area contributed by atoms with Crippen molar-refractivity contribution in [1.82, 2.24) is 0 Å². The van der Waals surface area contributed by atoms with Gasteiger partial charge in [-0.05, 0) is 72.7 Å². The molecular formula is C26H28OS2. The second kappa shape index (κ2) is 9.60. The third-order valence-corrected chi connectivity index (χ3v) is 6.54. The first-order valence-corrected chi connectivity index (χ1v) is 10.9. The Morgan fingerprint density at radius 3 is 2.24 bits per heavy atom. The first-order valence-electron chi connectivity index (χ1n) is 9.97. The number of thiol groups is 2. The lowest BCUT2D eigenvalue weighted by Crippen LogP contribution is -1.97. The van der Waals surface area contributed by atoms with E-state index in [0.717, 1.165) is 38.9 Å². The van der Waals surface area contributed by atoms with Gasteiger partial charge in [-0.1, -0.05) is 56.3 Å². The largest absolute Gasteiger partial charge is 0.457 e. The summed E-state index contributed by atoms with van der Waals surface area (Å²) in [6.07, 6.45) is 1.08. The molecule has 0 saturated carbocycles. The normalized spacial score (nSPS) is 13.0. The maximum Gasteiger partial charge on any atom is 0.135 e. The molecular weight excluding hydrogens is 392 g/mol. The van der Waals surface area contributed by atoms with Crippen molar-refractivity contribution in [1.29, 1.82) is 0 Å². The monoisotopic (exact) mass is 420 g/mol. The van der Waals surface area contributed by atoms with Gasteiger partial charge in [-0.3, -0.25) is 0 Å². The van der Waals surface area contributed by atoms with Crippen LogP contribution in [0.4, 0.5) is 0 Å². The van der Waals surface area contributed by atoms with E-state index in [1.165, 1.54) is 16.7 Å². The van der Waals surface area contributed by atoms with Crippen LogP contribution in [0.1, 0.15) is 54.0 Å². The van der Waals surface area contributed by atoms with Crippen LogP contribution in [-0.2, 0) is 0 Å². The van der Waals surface area contributed by atoms with Crippen LogP contribution < -0.4 is 4.74 Å². The minimum atomic E-state index is 0.464. The van der Waals surface area contributed by atoms with Gasteiger partial charge in [0, 0.05) is 15.4 Å². The van der Waals surface area contributed by atoms with E-state index in [1.807, 2.05) is 42.5 Å². The number of ether oxygens (including phenoxy) is 1. The summed E-state index contributed by atoms with van der Waals surface area (Å²) in [7, 11) is 0. The Labute approximate surface area is 185 Å². The van der Waals surface area contributed by atoms with Crippen LogP contribution in [0.2, 0.25) is 0 Å². The van der Waals surface area contributed by atoms with Crippen molar-refractivity contribution in [3.8, 4) is 11.5 Å². The summed E-state index contributed by atoms with van der Waals surface area (Å²) in [6, 6.07) is 22.7. The fraction of sp³-hybridized carbons (Fsp3) is 0.231. The summed E-state index contributed by atoms with van der Waals surface area (Å²) >= 11 is 9.65. The highest BCUT2D eigenvalue weighted by atomic mass is 32.1. The van der Waals surface area contributed by atoms with Crippen LogP contribution in [-0.4, -0.2) is 0 Å². The molecule has 0 bridgehead atoms. The summed E-state index contributed by atoms with van der Waals surface area (Å²) in [5.74, 6) is 2.07. The van der Waals surface area contributed by atoms with Crippen molar-refractivity contribution in [2.24, 2.45) is 0 Å². The van der Waals surface area contributed by atoms with Gasteiger partial charge in [-0.2, -0.15) is 0 Å². The maximum atomic E-state index is 6.30. The van der Waals surface area contributed by atoms with E-state index in [4.69, 9.17) is 30.0 Å². The Bertz CT molecular complexity index is 1020. The van der Waals surface area contributed by atoms with Crippen molar-refractivity contribution in [2.75, 3.05) is 0 Å². The van der Waals surface area contributed by atoms with E-state index in [1.54, 1.807) is 0 Å². The molecule has 0 aliphatic rings. The SMILES string of the molecule is CCC(C)c1ccc(Oc2ccc(C)c(C)c2)c(C(S)=C(S)c2ccccc2)c1. The zero-order valence-electron chi connectivity index (χ0n) is 17.4. The molecule has 1 atom stereocenters. The number of rotatable bonds is 6. The molecule has 3 heteroatoms. The molecule has 0 N–H and O–H groups in total. The molecule has 0 heterocycles. The van der Waals surface area contributed by atoms with Gasteiger partial charge >= 0.3 is 0 Å². The lowest BCUT2D eigenvalue weighted by molar-refractivity contribution is 0.480. The first kappa shape index (κ1) is 21.6. The summed E-state index contributed by atoms with van der Waals surface area (Å²) < 4.78 is 6.30. The number of hydrogen-bond acceptors (Lipinski definition) is 3. The number of hydrogen-bond donors (Lipinski definition) is 2. The summed E-state index contributed by atoms with van der Waals surface area (Å²) in [5, 5.41) is 0. The van der Waals surface area contributed by atoms with Crippen molar-refractivity contribution >= 4 is 35.1 Å².